The monoisotopic (exact) mass is 269 g/mol. The van der Waals surface area contributed by atoms with Gasteiger partial charge in [0.25, 0.3) is 0 Å². The first-order valence-corrected chi connectivity index (χ1v) is 13.9. The summed E-state index contributed by atoms with van der Waals surface area (Å²) in [6.45, 7) is -2.82. The molecule has 10 saturated heterocycles. The van der Waals surface area contributed by atoms with Gasteiger partial charge in [-0.05, 0) is 0 Å². The van der Waals surface area contributed by atoms with Crippen LogP contribution in [0, 0.1) is 0 Å². The predicted molar refractivity (Wildman–Crippen MR) is 57.5 cm³/mol. The third-order valence-electron chi connectivity index (χ3n) is 15.5. The van der Waals surface area contributed by atoms with E-state index in [9.17, 15) is 0 Å². The van der Waals surface area contributed by atoms with Crippen LogP contribution in [-0.4, -0.2) is 4.37 Å². The summed E-state index contributed by atoms with van der Waals surface area (Å²) >= 11 is 1.74. The number of aromatic nitrogens is 1. The Morgan fingerprint density at radius 2 is 1.62 bits per heavy atom. The minimum absolute atomic E-state index is 0.916. The van der Waals surface area contributed by atoms with E-state index in [1.54, 1.807) is 17.2 Å². The third kappa shape index (κ3) is 0.0478. The molecule has 11 rings (SSSR count). The molecule has 0 radical (unpaired) electrons. The molecule has 0 amide bonds. The zero-order chi connectivity index (χ0) is 9.42. The normalized spacial score (nSPS) is 126. The molecule has 11 heterocycles. The van der Waals surface area contributed by atoms with Gasteiger partial charge in [0.05, 0.1) is 0 Å². The van der Waals surface area contributed by atoms with Gasteiger partial charge in [0.2, 0.25) is 0 Å². The first kappa shape index (κ1) is 5.42. The topological polar surface area (TPSA) is 12.9 Å². The SMILES string of the molecule is c1cc([C]23[CH]4[CH]5[CH]6[CH]2[Fe]56432789[CH]3[CH]2[CH]7[CH]8[CH]39)ns1. The molecule has 4 unspecified atom stereocenters. The van der Waals surface area contributed by atoms with Crippen molar-refractivity contribution in [1.82, 2.24) is 4.37 Å². The van der Waals surface area contributed by atoms with Crippen molar-refractivity contribution in [3.63, 3.8) is 0 Å². The second-order valence-corrected chi connectivity index (χ2v) is 34.8. The molecule has 1 aromatic heterocycles. The molecule has 16 heavy (non-hydrogen) atoms. The zero-order valence-corrected chi connectivity index (χ0v) is 10.5. The van der Waals surface area contributed by atoms with E-state index in [1.165, 1.54) is 43.3 Å². The second kappa shape index (κ2) is 0.418. The van der Waals surface area contributed by atoms with Gasteiger partial charge in [0.1, 0.15) is 0 Å². The summed E-state index contributed by atoms with van der Waals surface area (Å²) < 4.78 is 5.80. The second-order valence-electron chi connectivity index (χ2n) is 10.6. The number of nitrogens with zero attached hydrogens (tertiary/aromatic N) is 1. The Kier molecular flexibility index (Phi) is 0.142. The molecule has 10 aliphatic rings. The summed E-state index contributed by atoms with van der Waals surface area (Å²) in [7, 11) is 0. The van der Waals surface area contributed by atoms with Crippen LogP contribution in [0.1, 0.15) is 5.69 Å². The van der Waals surface area contributed by atoms with Gasteiger partial charge in [0, 0.05) is 0 Å². The molecule has 0 aliphatic carbocycles. The fourth-order valence-corrected chi connectivity index (χ4v) is 91.9. The number of rotatable bonds is 1. The zero-order valence-electron chi connectivity index (χ0n) is 8.56. The van der Waals surface area contributed by atoms with E-state index in [2.05, 4.69) is 11.4 Å². The predicted octanol–water partition coefficient (Wildman–Crippen LogP) is 3.94. The van der Waals surface area contributed by atoms with Crippen molar-refractivity contribution in [3.8, 4) is 0 Å². The molecule has 0 bridgehead atoms. The summed E-state index contributed by atoms with van der Waals surface area (Å²) in [5, 5.41) is 2.27. The summed E-state index contributed by atoms with van der Waals surface area (Å²) in [4.78, 5) is 12.9. The van der Waals surface area contributed by atoms with Crippen LogP contribution in [-0.2, 0) is 10.8 Å². The minimum atomic E-state index is -2.82. The molecule has 0 aromatic carbocycles. The van der Waals surface area contributed by atoms with Gasteiger partial charge in [-0.15, -0.1) is 0 Å². The van der Waals surface area contributed by atoms with Gasteiger partial charge in [-0.1, -0.05) is 0 Å². The van der Waals surface area contributed by atoms with E-state index in [0.717, 1.165) is 4.31 Å². The van der Waals surface area contributed by atoms with Gasteiger partial charge in [-0.3, -0.25) is 0 Å². The Hall–Kier alpha value is 0.149. The van der Waals surface area contributed by atoms with E-state index in [-0.39, 0.29) is 0 Å². The van der Waals surface area contributed by atoms with Gasteiger partial charge in [-0.2, -0.15) is 0 Å². The number of hydrogen-bond acceptors (Lipinski definition) is 2. The summed E-state index contributed by atoms with van der Waals surface area (Å²) in [6.07, 6.45) is 0. The van der Waals surface area contributed by atoms with Crippen molar-refractivity contribution < 1.29 is 6.51 Å². The van der Waals surface area contributed by atoms with Crippen LogP contribution in [0.5, 0.6) is 0 Å². The van der Waals surface area contributed by atoms with Crippen molar-refractivity contribution in [2.24, 2.45) is 0 Å². The van der Waals surface area contributed by atoms with Crippen LogP contribution < -0.4 is 0 Å². The molecular weight excluding hydrogens is 258 g/mol. The Morgan fingerprint density at radius 1 is 1.00 bits per heavy atom. The van der Waals surface area contributed by atoms with Crippen LogP contribution >= 0.6 is 11.5 Å². The van der Waals surface area contributed by atoms with E-state index in [4.69, 9.17) is 4.37 Å². The first-order chi connectivity index (χ1) is 7.65. The fraction of sp³-hybridized carbons (Fsp3) is 0.769. The Labute approximate surface area is 87.1 Å². The fourth-order valence-electron chi connectivity index (χ4n) is 17.3. The number of hydrogen-bond donors (Lipinski definition) is 0. The van der Waals surface area contributed by atoms with Crippen molar-refractivity contribution in [2.45, 2.75) is 47.7 Å². The van der Waals surface area contributed by atoms with Crippen molar-refractivity contribution in [1.29, 1.82) is 0 Å². The van der Waals surface area contributed by atoms with Crippen LogP contribution in [0.15, 0.2) is 11.4 Å². The molecule has 4 atom stereocenters. The molecular formula is C13H11FeNS. The van der Waals surface area contributed by atoms with E-state index >= 15 is 0 Å². The van der Waals surface area contributed by atoms with Gasteiger partial charge in [-0.25, -0.2) is 0 Å². The molecule has 10 fully saturated rings. The molecule has 0 N–H and O–H groups in total. The van der Waals surface area contributed by atoms with Crippen molar-refractivity contribution in [3.05, 3.63) is 17.1 Å². The van der Waals surface area contributed by atoms with Crippen LogP contribution in [0.4, 0.5) is 0 Å². The van der Waals surface area contributed by atoms with E-state index in [0.29, 0.717) is 0 Å². The van der Waals surface area contributed by atoms with Gasteiger partial charge < -0.3 is 0 Å². The number of fused-ring (bicyclic) bond motifs is 10. The summed E-state index contributed by atoms with van der Waals surface area (Å²) in [5.41, 5.74) is 1.67. The Morgan fingerprint density at radius 3 is 1.94 bits per heavy atom. The molecule has 82 valence electrons. The molecule has 1 aromatic rings. The molecule has 0 saturated carbocycles. The van der Waals surface area contributed by atoms with E-state index < -0.39 is 6.51 Å². The molecule has 1 spiro atoms. The molecule has 1 nitrogen and oxygen atoms in total. The molecule has 10 aliphatic heterocycles. The molecule has 3 heteroatoms. The van der Waals surface area contributed by atoms with Crippen molar-refractivity contribution in [2.75, 3.05) is 0 Å². The third-order valence-corrected chi connectivity index (χ3v) is 58.4. The van der Waals surface area contributed by atoms with Crippen LogP contribution in [0.25, 0.3) is 0 Å². The van der Waals surface area contributed by atoms with Gasteiger partial charge >= 0.3 is 87.2 Å². The van der Waals surface area contributed by atoms with Crippen LogP contribution in [0.2, 0.25) is 43.3 Å². The summed E-state index contributed by atoms with van der Waals surface area (Å²) in [6, 6.07) is 2.45. The quantitative estimate of drug-likeness (QED) is 0.704. The average Bonchev–Trinajstić information content (AvgIpc) is 3.20. The van der Waals surface area contributed by atoms with E-state index in [1.807, 2.05) is 0 Å². The average molecular weight is 269 g/mol. The van der Waals surface area contributed by atoms with Crippen LogP contribution in [0.3, 0.4) is 0 Å². The Balaban J connectivity index is 1.75. The maximum atomic E-state index is 4.89. The summed E-state index contributed by atoms with van der Waals surface area (Å²) in [5.74, 6) is 0. The first-order valence-electron chi connectivity index (χ1n) is 6.77. The standard InChI is InChI=1S/C8H6NS.C5H5.Fe/c1-2-4-7(3-1)8-5-6-10-9-8;1-2-4-5-3-1;/h1-6H;1-5H;. The maximum absolute atomic E-state index is 4.89. The Bertz CT molecular complexity index is 989. The van der Waals surface area contributed by atoms with Crippen molar-refractivity contribution >= 4 is 11.5 Å². The van der Waals surface area contributed by atoms with Gasteiger partial charge in [0.15, 0.2) is 0 Å².